The fourth-order valence-electron chi connectivity index (χ4n) is 3.61. The van der Waals surface area contributed by atoms with Gasteiger partial charge in [0.25, 0.3) is 5.56 Å². The van der Waals surface area contributed by atoms with Crippen LogP contribution in [0.4, 0.5) is 0 Å². The number of ether oxygens (including phenoxy) is 2. The number of hydrogen-bond donors (Lipinski definition) is 0. The smallest absolute Gasteiger partial charge is 0.338 e. The Hall–Kier alpha value is -2.97. The van der Waals surface area contributed by atoms with E-state index in [9.17, 15) is 9.59 Å². The van der Waals surface area contributed by atoms with Crippen LogP contribution in [0.5, 0.6) is 5.75 Å². The van der Waals surface area contributed by atoms with Crippen LogP contribution in [0.15, 0.2) is 56.8 Å². The summed E-state index contributed by atoms with van der Waals surface area (Å²) < 4.78 is 13.0. The molecule has 1 aromatic carbocycles. The van der Waals surface area contributed by atoms with Gasteiger partial charge in [0.2, 0.25) is 0 Å². The SMILES string of the molecule is COc1ccc([C@@H]2C(C(=O)OC(C)C)=C(C)N=c3s/c(=C/c4sccc4C)c(=O)n32)cc1. The van der Waals surface area contributed by atoms with E-state index < -0.39 is 12.0 Å². The third-order valence-electron chi connectivity index (χ3n) is 5.18. The van der Waals surface area contributed by atoms with Crippen molar-refractivity contribution < 1.29 is 14.3 Å². The van der Waals surface area contributed by atoms with Gasteiger partial charge < -0.3 is 9.47 Å². The number of thiophene rings is 1. The molecule has 2 aromatic heterocycles. The van der Waals surface area contributed by atoms with Crippen molar-refractivity contribution in [2.45, 2.75) is 39.8 Å². The second kappa shape index (κ2) is 8.88. The summed E-state index contributed by atoms with van der Waals surface area (Å²) in [6.07, 6.45) is 1.62. The fraction of sp³-hybridized carbons (Fsp3) is 0.292. The van der Waals surface area contributed by atoms with Gasteiger partial charge in [-0.05, 0) is 68.5 Å². The van der Waals surface area contributed by atoms with Crippen LogP contribution in [-0.2, 0) is 9.53 Å². The van der Waals surface area contributed by atoms with E-state index in [0.717, 1.165) is 16.0 Å². The first-order valence-corrected chi connectivity index (χ1v) is 11.9. The van der Waals surface area contributed by atoms with Crippen LogP contribution in [0.25, 0.3) is 6.08 Å². The second-order valence-corrected chi connectivity index (χ2v) is 9.73. The minimum absolute atomic E-state index is 0.176. The Balaban J connectivity index is 1.95. The van der Waals surface area contributed by atoms with Crippen molar-refractivity contribution in [3.8, 4) is 5.75 Å². The Kier molecular flexibility index (Phi) is 6.17. The highest BCUT2D eigenvalue weighted by Crippen LogP contribution is 2.32. The van der Waals surface area contributed by atoms with Crippen molar-refractivity contribution >= 4 is 34.7 Å². The Labute approximate surface area is 193 Å². The highest BCUT2D eigenvalue weighted by atomic mass is 32.1. The van der Waals surface area contributed by atoms with Gasteiger partial charge in [-0.2, -0.15) is 0 Å². The van der Waals surface area contributed by atoms with Crippen LogP contribution < -0.4 is 19.6 Å². The lowest BCUT2D eigenvalue weighted by Crippen LogP contribution is -2.40. The van der Waals surface area contributed by atoms with Crippen molar-refractivity contribution in [2.75, 3.05) is 7.11 Å². The molecule has 0 aliphatic carbocycles. The highest BCUT2D eigenvalue weighted by Gasteiger charge is 2.33. The molecule has 4 rings (SSSR count). The zero-order valence-corrected chi connectivity index (χ0v) is 20.2. The molecule has 1 aliphatic rings. The summed E-state index contributed by atoms with van der Waals surface area (Å²) in [6.45, 7) is 7.40. The second-order valence-electron chi connectivity index (χ2n) is 7.78. The van der Waals surface area contributed by atoms with Crippen LogP contribution >= 0.6 is 22.7 Å². The molecule has 0 bridgehead atoms. The van der Waals surface area contributed by atoms with E-state index in [1.54, 1.807) is 43.8 Å². The van der Waals surface area contributed by atoms with Crippen LogP contribution in [0.1, 0.15) is 42.8 Å². The number of fused-ring (bicyclic) bond motifs is 1. The number of nitrogens with zero attached hydrogens (tertiary/aromatic N) is 2. The van der Waals surface area contributed by atoms with Crippen LogP contribution in [-0.4, -0.2) is 23.8 Å². The number of benzene rings is 1. The third kappa shape index (κ3) is 4.08. The molecule has 6 nitrogen and oxygen atoms in total. The predicted octanol–water partition coefficient (Wildman–Crippen LogP) is 3.57. The highest BCUT2D eigenvalue weighted by molar-refractivity contribution is 7.11. The minimum Gasteiger partial charge on any atom is -0.497 e. The summed E-state index contributed by atoms with van der Waals surface area (Å²) in [7, 11) is 1.60. The molecule has 3 heterocycles. The molecule has 0 saturated heterocycles. The molecule has 8 heteroatoms. The first-order chi connectivity index (χ1) is 15.3. The third-order valence-corrected chi connectivity index (χ3v) is 7.13. The summed E-state index contributed by atoms with van der Waals surface area (Å²) in [5.74, 6) is 0.229. The number of thiazole rings is 1. The van der Waals surface area contributed by atoms with Crippen LogP contribution in [0.2, 0.25) is 0 Å². The lowest BCUT2D eigenvalue weighted by atomic mass is 9.96. The number of carbonyl (C=O) groups excluding carboxylic acids is 1. The Bertz CT molecular complexity index is 1370. The van der Waals surface area contributed by atoms with E-state index in [2.05, 4.69) is 4.99 Å². The molecule has 0 amide bonds. The monoisotopic (exact) mass is 468 g/mol. The molecule has 0 saturated carbocycles. The number of esters is 1. The van der Waals surface area contributed by atoms with E-state index >= 15 is 0 Å². The van der Waals surface area contributed by atoms with E-state index in [0.29, 0.717) is 26.4 Å². The number of aromatic nitrogens is 1. The maximum atomic E-state index is 13.5. The molecule has 0 fully saturated rings. The summed E-state index contributed by atoms with van der Waals surface area (Å²) >= 11 is 2.92. The number of hydrogen-bond acceptors (Lipinski definition) is 7. The molecular weight excluding hydrogens is 444 g/mol. The number of aryl methyl sites for hydroxylation is 1. The molecule has 0 radical (unpaired) electrons. The standard InChI is InChI=1S/C24H24N2O4S2/c1-13(2)30-23(28)20-15(4)25-24-26(21(20)16-6-8-17(29-5)9-7-16)22(27)19(32-24)12-18-14(3)10-11-31-18/h6-13,21H,1-5H3/b19-12+/t21-/m1/s1. The number of allylic oxidation sites excluding steroid dienone is 1. The molecule has 1 atom stereocenters. The normalized spacial score (nSPS) is 16.2. The van der Waals surface area contributed by atoms with Crippen molar-refractivity contribution in [1.29, 1.82) is 0 Å². The van der Waals surface area contributed by atoms with Crippen molar-refractivity contribution in [2.24, 2.45) is 4.99 Å². The van der Waals surface area contributed by atoms with E-state index in [1.165, 1.54) is 11.3 Å². The molecule has 32 heavy (non-hydrogen) atoms. The zero-order chi connectivity index (χ0) is 23.0. The summed E-state index contributed by atoms with van der Waals surface area (Å²) in [6, 6.07) is 8.77. The van der Waals surface area contributed by atoms with Crippen molar-refractivity contribution in [3.63, 3.8) is 0 Å². The van der Waals surface area contributed by atoms with Gasteiger partial charge in [-0.1, -0.05) is 23.5 Å². The molecule has 1 aliphatic heterocycles. The lowest BCUT2D eigenvalue weighted by Gasteiger charge is -2.25. The maximum Gasteiger partial charge on any atom is 0.338 e. The predicted molar refractivity (Wildman–Crippen MR) is 127 cm³/mol. The number of carbonyl (C=O) groups is 1. The zero-order valence-electron chi connectivity index (χ0n) is 18.5. The van der Waals surface area contributed by atoms with Gasteiger partial charge in [0, 0.05) is 4.88 Å². The van der Waals surface area contributed by atoms with Gasteiger partial charge >= 0.3 is 5.97 Å². The van der Waals surface area contributed by atoms with Gasteiger partial charge in [-0.15, -0.1) is 11.3 Å². The van der Waals surface area contributed by atoms with Gasteiger partial charge in [-0.3, -0.25) is 9.36 Å². The maximum absolute atomic E-state index is 13.5. The molecule has 0 spiro atoms. The summed E-state index contributed by atoms with van der Waals surface area (Å²) in [5, 5.41) is 2.00. The quantitative estimate of drug-likeness (QED) is 0.537. The van der Waals surface area contributed by atoms with Crippen LogP contribution in [0, 0.1) is 6.92 Å². The lowest BCUT2D eigenvalue weighted by molar-refractivity contribution is -0.143. The van der Waals surface area contributed by atoms with E-state index in [1.807, 2.05) is 48.7 Å². The Morgan fingerprint density at radius 1 is 1.19 bits per heavy atom. The summed E-state index contributed by atoms with van der Waals surface area (Å²) in [4.78, 5) is 32.8. The topological polar surface area (TPSA) is 69.9 Å². The van der Waals surface area contributed by atoms with Gasteiger partial charge in [-0.25, -0.2) is 9.79 Å². The molecule has 3 aromatic rings. The average molecular weight is 469 g/mol. The average Bonchev–Trinajstić information content (AvgIpc) is 3.29. The number of methoxy groups -OCH3 is 1. The van der Waals surface area contributed by atoms with E-state index in [4.69, 9.17) is 9.47 Å². The molecule has 0 N–H and O–H groups in total. The van der Waals surface area contributed by atoms with Gasteiger partial charge in [0.1, 0.15) is 5.75 Å². The minimum atomic E-state index is -0.630. The molecule has 0 unspecified atom stereocenters. The molecule has 166 valence electrons. The first-order valence-electron chi connectivity index (χ1n) is 10.2. The Morgan fingerprint density at radius 2 is 1.91 bits per heavy atom. The van der Waals surface area contributed by atoms with Gasteiger partial charge in [0.15, 0.2) is 4.80 Å². The van der Waals surface area contributed by atoms with Gasteiger partial charge in [0.05, 0.1) is 35.1 Å². The van der Waals surface area contributed by atoms with Crippen LogP contribution in [0.3, 0.4) is 0 Å². The number of rotatable bonds is 5. The van der Waals surface area contributed by atoms with E-state index in [-0.39, 0.29) is 11.7 Å². The Morgan fingerprint density at radius 3 is 2.50 bits per heavy atom. The summed E-state index contributed by atoms with van der Waals surface area (Å²) in [5.41, 5.74) is 2.65. The largest absolute Gasteiger partial charge is 0.497 e. The molecular formula is C24H24N2O4S2. The fourth-order valence-corrected chi connectivity index (χ4v) is 5.57. The van der Waals surface area contributed by atoms with Crippen molar-refractivity contribution in [1.82, 2.24) is 4.57 Å². The van der Waals surface area contributed by atoms with Crippen molar-refractivity contribution in [3.05, 3.63) is 82.7 Å². The first kappa shape index (κ1) is 22.2.